The second kappa shape index (κ2) is 8.65. The van der Waals surface area contributed by atoms with Gasteiger partial charge in [-0.2, -0.15) is 5.10 Å². The Morgan fingerprint density at radius 2 is 1.94 bits per heavy atom. The molecule has 0 N–H and O–H groups in total. The molecule has 3 heterocycles. The van der Waals surface area contributed by atoms with Crippen molar-refractivity contribution in [2.75, 3.05) is 6.61 Å². The van der Waals surface area contributed by atoms with Crippen LogP contribution in [-0.4, -0.2) is 32.3 Å². The molecule has 156 valence electrons. The molecule has 0 aliphatic rings. The third kappa shape index (κ3) is 4.18. The highest BCUT2D eigenvalue weighted by Crippen LogP contribution is 2.22. The van der Waals surface area contributed by atoms with E-state index in [9.17, 15) is 9.59 Å². The molecule has 8 heteroatoms. The van der Waals surface area contributed by atoms with E-state index < -0.39 is 11.4 Å². The first-order chi connectivity index (χ1) is 15.0. The fourth-order valence-corrected chi connectivity index (χ4v) is 3.51. The SMILES string of the molecule is CCOC(=O)c1nn(Cc2ccc(-c3ccc(C)nc3)nc2)c2c(Cl)cccc2c1=O. The first kappa shape index (κ1) is 20.7. The lowest BCUT2D eigenvalue weighted by Gasteiger charge is -2.13. The quantitative estimate of drug-likeness (QED) is 0.440. The first-order valence-corrected chi connectivity index (χ1v) is 10.1. The predicted octanol–water partition coefficient (Wildman–Crippen LogP) is 4.04. The predicted molar refractivity (Wildman–Crippen MR) is 118 cm³/mol. The summed E-state index contributed by atoms with van der Waals surface area (Å²) in [7, 11) is 0. The zero-order valence-corrected chi connectivity index (χ0v) is 17.8. The largest absolute Gasteiger partial charge is 0.461 e. The molecule has 0 spiro atoms. The summed E-state index contributed by atoms with van der Waals surface area (Å²) in [5.74, 6) is -0.761. The van der Waals surface area contributed by atoms with Crippen LogP contribution in [0.3, 0.4) is 0 Å². The van der Waals surface area contributed by atoms with Crippen molar-refractivity contribution >= 4 is 28.5 Å². The Kier molecular flexibility index (Phi) is 5.77. The fraction of sp³-hybridized carbons (Fsp3) is 0.174. The average molecular weight is 435 g/mol. The maximum absolute atomic E-state index is 12.8. The zero-order chi connectivity index (χ0) is 22.0. The van der Waals surface area contributed by atoms with Crippen molar-refractivity contribution in [2.45, 2.75) is 20.4 Å². The molecule has 0 unspecified atom stereocenters. The van der Waals surface area contributed by atoms with Crippen LogP contribution in [0.4, 0.5) is 0 Å². The summed E-state index contributed by atoms with van der Waals surface area (Å²) in [6, 6.07) is 12.7. The van der Waals surface area contributed by atoms with Crippen molar-refractivity contribution in [2.24, 2.45) is 0 Å². The van der Waals surface area contributed by atoms with E-state index in [1.165, 1.54) is 4.68 Å². The molecule has 3 aromatic heterocycles. The van der Waals surface area contributed by atoms with Gasteiger partial charge in [0.2, 0.25) is 11.1 Å². The number of esters is 1. The highest BCUT2D eigenvalue weighted by Gasteiger charge is 2.20. The third-order valence-electron chi connectivity index (χ3n) is 4.76. The number of ether oxygens (including phenoxy) is 1. The molecular weight excluding hydrogens is 416 g/mol. The molecule has 0 atom stereocenters. The molecule has 4 aromatic rings. The molecule has 0 radical (unpaired) electrons. The number of fused-ring (bicyclic) bond motifs is 1. The van der Waals surface area contributed by atoms with Crippen LogP contribution in [0.5, 0.6) is 0 Å². The van der Waals surface area contributed by atoms with Crippen LogP contribution in [-0.2, 0) is 11.3 Å². The minimum atomic E-state index is -0.761. The lowest BCUT2D eigenvalue weighted by atomic mass is 10.1. The summed E-state index contributed by atoms with van der Waals surface area (Å²) in [6.45, 7) is 4.02. The Labute approximate surface area is 183 Å². The standard InChI is InChI=1S/C23H19ClN4O3/c1-3-31-23(30)20-22(29)17-5-4-6-18(24)21(17)28(27-20)13-15-8-10-19(26-11-15)16-9-7-14(2)25-12-16/h4-12H,3,13H2,1-2H3. The Hall–Kier alpha value is -3.58. The highest BCUT2D eigenvalue weighted by molar-refractivity contribution is 6.35. The van der Waals surface area contributed by atoms with Gasteiger partial charge in [0.25, 0.3) is 0 Å². The smallest absolute Gasteiger partial charge is 0.362 e. The van der Waals surface area contributed by atoms with Crippen LogP contribution in [0.25, 0.3) is 22.2 Å². The normalized spacial score (nSPS) is 10.9. The molecule has 4 rings (SSSR count). The lowest BCUT2D eigenvalue weighted by Crippen LogP contribution is -2.25. The van der Waals surface area contributed by atoms with Crippen LogP contribution < -0.4 is 5.43 Å². The number of hydrogen-bond acceptors (Lipinski definition) is 6. The number of aryl methyl sites for hydroxylation is 1. The van der Waals surface area contributed by atoms with Gasteiger partial charge in [0.1, 0.15) is 0 Å². The lowest BCUT2D eigenvalue weighted by molar-refractivity contribution is 0.0515. The van der Waals surface area contributed by atoms with Gasteiger partial charge in [-0.25, -0.2) is 4.79 Å². The summed E-state index contributed by atoms with van der Waals surface area (Å²) in [6.07, 6.45) is 3.50. The monoisotopic (exact) mass is 434 g/mol. The van der Waals surface area contributed by atoms with Gasteiger partial charge in [0, 0.05) is 23.7 Å². The van der Waals surface area contributed by atoms with E-state index >= 15 is 0 Å². The topological polar surface area (TPSA) is 87.0 Å². The summed E-state index contributed by atoms with van der Waals surface area (Å²) in [5, 5.41) is 4.95. The summed E-state index contributed by atoms with van der Waals surface area (Å²) < 4.78 is 6.54. The Bertz CT molecular complexity index is 1320. The van der Waals surface area contributed by atoms with Gasteiger partial charge in [-0.15, -0.1) is 0 Å². The maximum Gasteiger partial charge on any atom is 0.362 e. The first-order valence-electron chi connectivity index (χ1n) is 9.72. The number of rotatable bonds is 5. The summed E-state index contributed by atoms with van der Waals surface area (Å²) in [5.41, 5.74) is 3.14. The molecule has 0 bridgehead atoms. The Morgan fingerprint density at radius 1 is 1.10 bits per heavy atom. The van der Waals surface area contributed by atoms with Gasteiger partial charge in [-0.3, -0.25) is 19.4 Å². The van der Waals surface area contributed by atoms with Crippen molar-refractivity contribution in [3.63, 3.8) is 0 Å². The van der Waals surface area contributed by atoms with Crippen LogP contribution in [0.15, 0.2) is 59.7 Å². The van der Waals surface area contributed by atoms with Gasteiger partial charge in [-0.1, -0.05) is 23.7 Å². The molecule has 0 aliphatic heterocycles. The number of benzene rings is 1. The second-order valence-corrected chi connectivity index (χ2v) is 7.34. The number of hydrogen-bond donors (Lipinski definition) is 0. The van der Waals surface area contributed by atoms with E-state index in [-0.39, 0.29) is 18.8 Å². The van der Waals surface area contributed by atoms with Crippen LogP contribution in [0, 0.1) is 6.92 Å². The summed E-state index contributed by atoms with van der Waals surface area (Å²) >= 11 is 6.37. The number of halogens is 1. The number of carbonyl (C=O) groups is 1. The number of pyridine rings is 2. The number of carbonyl (C=O) groups excluding carboxylic acids is 1. The van der Waals surface area contributed by atoms with Crippen LogP contribution in [0.1, 0.15) is 28.7 Å². The molecule has 7 nitrogen and oxygen atoms in total. The second-order valence-electron chi connectivity index (χ2n) is 6.93. The van der Waals surface area contributed by atoms with Crippen LogP contribution >= 0.6 is 11.6 Å². The van der Waals surface area contributed by atoms with E-state index in [4.69, 9.17) is 16.3 Å². The van der Waals surface area contributed by atoms with Gasteiger partial charge >= 0.3 is 5.97 Å². The number of nitrogens with zero attached hydrogens (tertiary/aromatic N) is 4. The van der Waals surface area contributed by atoms with Gasteiger partial charge in [-0.05, 0) is 49.7 Å². The Morgan fingerprint density at radius 3 is 2.61 bits per heavy atom. The molecule has 0 saturated heterocycles. The zero-order valence-electron chi connectivity index (χ0n) is 17.0. The van der Waals surface area contributed by atoms with E-state index in [2.05, 4.69) is 15.1 Å². The van der Waals surface area contributed by atoms with Crippen molar-refractivity contribution in [1.82, 2.24) is 19.7 Å². The average Bonchev–Trinajstić information content (AvgIpc) is 2.77. The van der Waals surface area contributed by atoms with Crippen molar-refractivity contribution in [1.29, 1.82) is 0 Å². The third-order valence-corrected chi connectivity index (χ3v) is 5.06. The maximum atomic E-state index is 12.8. The molecule has 1 aromatic carbocycles. The van der Waals surface area contributed by atoms with E-state index in [0.29, 0.717) is 15.9 Å². The van der Waals surface area contributed by atoms with Crippen LogP contribution in [0.2, 0.25) is 5.02 Å². The number of aromatic nitrogens is 4. The molecular formula is C23H19ClN4O3. The van der Waals surface area contributed by atoms with Crippen molar-refractivity contribution in [3.05, 3.63) is 87.1 Å². The van der Waals surface area contributed by atoms with Gasteiger partial charge in [0.05, 0.1) is 34.8 Å². The van der Waals surface area contributed by atoms with E-state index in [0.717, 1.165) is 22.5 Å². The molecule has 0 saturated carbocycles. The molecule has 0 aliphatic carbocycles. The fourth-order valence-electron chi connectivity index (χ4n) is 3.23. The molecule has 0 fully saturated rings. The minimum absolute atomic E-state index is 0.146. The minimum Gasteiger partial charge on any atom is -0.461 e. The van der Waals surface area contributed by atoms with Gasteiger partial charge in [0.15, 0.2) is 0 Å². The van der Waals surface area contributed by atoms with E-state index in [1.54, 1.807) is 37.5 Å². The number of para-hydroxylation sites is 1. The van der Waals surface area contributed by atoms with Crippen molar-refractivity contribution < 1.29 is 9.53 Å². The Balaban J connectivity index is 1.75. The van der Waals surface area contributed by atoms with Crippen molar-refractivity contribution in [3.8, 4) is 11.3 Å². The van der Waals surface area contributed by atoms with E-state index in [1.807, 2.05) is 31.2 Å². The molecule has 0 amide bonds. The highest BCUT2D eigenvalue weighted by atomic mass is 35.5. The molecule has 31 heavy (non-hydrogen) atoms. The summed E-state index contributed by atoms with van der Waals surface area (Å²) in [4.78, 5) is 33.9. The van der Waals surface area contributed by atoms with Gasteiger partial charge < -0.3 is 4.74 Å².